The van der Waals surface area contributed by atoms with Gasteiger partial charge in [0.25, 0.3) is 0 Å². The molecule has 5 rings (SSSR count). The van der Waals surface area contributed by atoms with Crippen molar-refractivity contribution >= 4 is 17.8 Å². The molecule has 6 nitrogen and oxygen atoms in total. The molecular weight excluding hydrogens is 474 g/mol. The molecule has 36 heavy (non-hydrogen) atoms. The van der Waals surface area contributed by atoms with Crippen molar-refractivity contribution in [2.45, 2.75) is 31.3 Å². The van der Waals surface area contributed by atoms with Crippen molar-refractivity contribution < 1.29 is 14.6 Å². The number of benzene rings is 3. The number of rotatable bonds is 7. The number of hydrogen-bond acceptors (Lipinski definition) is 4. The third kappa shape index (κ3) is 5.15. The van der Waals surface area contributed by atoms with E-state index >= 15 is 0 Å². The summed E-state index contributed by atoms with van der Waals surface area (Å²) in [6, 6.07) is 28.9. The van der Waals surface area contributed by atoms with Gasteiger partial charge in [-0.3, -0.25) is 9.47 Å². The van der Waals surface area contributed by atoms with E-state index in [0.29, 0.717) is 23.8 Å². The number of hydrogen-bond donors (Lipinski definition) is 1. The highest BCUT2D eigenvalue weighted by molar-refractivity contribution is 6.30. The highest BCUT2D eigenvalue weighted by Crippen LogP contribution is 2.42. The maximum Gasteiger partial charge on any atom is 0.512 e. The number of aromatic nitrogens is 2. The molecule has 0 bridgehead atoms. The quantitative estimate of drug-likeness (QED) is 0.304. The third-order valence-corrected chi connectivity index (χ3v) is 7.30. The van der Waals surface area contributed by atoms with Crippen LogP contribution in [0.4, 0.5) is 4.79 Å². The zero-order valence-corrected chi connectivity index (χ0v) is 20.6. The largest absolute Gasteiger partial charge is 0.512 e. The van der Waals surface area contributed by atoms with E-state index in [1.54, 1.807) is 10.9 Å². The zero-order chi connectivity index (χ0) is 25.0. The molecule has 0 amide bonds. The molecule has 184 valence electrons. The number of likely N-dealkylation sites (tertiary alicyclic amines) is 1. The molecular formula is C29H28ClN3O3. The first-order chi connectivity index (χ1) is 17.5. The second-order valence-electron chi connectivity index (χ2n) is 9.21. The summed E-state index contributed by atoms with van der Waals surface area (Å²) in [6.07, 6.45) is 2.22. The molecule has 1 fully saturated rings. The molecule has 1 aliphatic rings. The van der Waals surface area contributed by atoms with E-state index in [1.807, 2.05) is 24.3 Å². The fraction of sp³-hybridized carbons (Fsp3) is 0.241. The SMILES string of the molecule is O=C(O)Oc1c(CN2CCC(c3ccccc3)(c3ccccc3)CC2)ncn1Cc1ccc(Cl)cc1. The average molecular weight is 502 g/mol. The summed E-state index contributed by atoms with van der Waals surface area (Å²) in [4.78, 5) is 18.3. The van der Waals surface area contributed by atoms with E-state index in [-0.39, 0.29) is 11.3 Å². The summed E-state index contributed by atoms with van der Waals surface area (Å²) >= 11 is 6.00. The standard InChI is InChI=1S/C29H28ClN3O3/c30-25-13-11-22(12-14-25)19-33-21-31-26(27(33)36-28(34)35)20-32-17-15-29(16-18-32,23-7-3-1-4-8-23)24-9-5-2-6-10-24/h1-14,21H,15-20H2,(H,34,35). The fourth-order valence-corrected chi connectivity index (χ4v) is 5.31. The van der Waals surface area contributed by atoms with Crippen LogP contribution >= 0.6 is 11.6 Å². The molecule has 0 atom stereocenters. The summed E-state index contributed by atoms with van der Waals surface area (Å²) in [5, 5.41) is 10.0. The van der Waals surface area contributed by atoms with E-state index in [2.05, 4.69) is 70.5 Å². The van der Waals surface area contributed by atoms with Crippen molar-refractivity contribution in [1.29, 1.82) is 0 Å². The van der Waals surface area contributed by atoms with Gasteiger partial charge in [-0.25, -0.2) is 9.78 Å². The lowest BCUT2D eigenvalue weighted by Gasteiger charge is -2.42. The van der Waals surface area contributed by atoms with Gasteiger partial charge in [-0.1, -0.05) is 84.4 Å². The minimum atomic E-state index is -1.35. The normalized spacial score (nSPS) is 15.5. The molecule has 4 aromatic rings. The molecule has 2 heterocycles. The smallest absolute Gasteiger partial charge is 0.449 e. The van der Waals surface area contributed by atoms with Crippen LogP contribution in [-0.4, -0.2) is 38.8 Å². The van der Waals surface area contributed by atoms with Gasteiger partial charge in [0.05, 0.1) is 12.9 Å². The second-order valence-corrected chi connectivity index (χ2v) is 9.65. The van der Waals surface area contributed by atoms with E-state index < -0.39 is 6.16 Å². The van der Waals surface area contributed by atoms with Gasteiger partial charge in [-0.2, -0.15) is 0 Å². The van der Waals surface area contributed by atoms with Crippen LogP contribution in [0.2, 0.25) is 5.02 Å². The average Bonchev–Trinajstić information content (AvgIpc) is 3.27. The van der Waals surface area contributed by atoms with Gasteiger partial charge in [-0.15, -0.1) is 0 Å². The van der Waals surface area contributed by atoms with Crippen molar-refractivity contribution in [3.8, 4) is 5.88 Å². The van der Waals surface area contributed by atoms with Crippen LogP contribution in [-0.2, 0) is 18.5 Å². The van der Waals surface area contributed by atoms with Crippen LogP contribution in [0.15, 0.2) is 91.3 Å². The van der Waals surface area contributed by atoms with Crippen molar-refractivity contribution in [2.75, 3.05) is 13.1 Å². The van der Waals surface area contributed by atoms with Crippen LogP contribution in [0.25, 0.3) is 0 Å². The number of imidazole rings is 1. The van der Waals surface area contributed by atoms with Crippen LogP contribution in [0.1, 0.15) is 35.2 Å². The number of carbonyl (C=O) groups is 1. The van der Waals surface area contributed by atoms with Gasteiger partial charge in [-0.05, 0) is 54.8 Å². The Morgan fingerprint density at radius 2 is 1.47 bits per heavy atom. The van der Waals surface area contributed by atoms with Gasteiger partial charge in [0.15, 0.2) is 0 Å². The van der Waals surface area contributed by atoms with Gasteiger partial charge in [0.1, 0.15) is 5.69 Å². The van der Waals surface area contributed by atoms with E-state index in [9.17, 15) is 9.90 Å². The first kappa shape index (κ1) is 24.1. The first-order valence-corrected chi connectivity index (χ1v) is 12.4. The number of nitrogens with zero attached hydrogens (tertiary/aromatic N) is 3. The highest BCUT2D eigenvalue weighted by Gasteiger charge is 2.38. The Bertz CT molecular complexity index is 1260. The van der Waals surface area contributed by atoms with Crippen LogP contribution < -0.4 is 4.74 Å². The first-order valence-electron chi connectivity index (χ1n) is 12.1. The second kappa shape index (κ2) is 10.6. The summed E-state index contributed by atoms with van der Waals surface area (Å²) in [5.41, 5.74) is 4.22. The van der Waals surface area contributed by atoms with Gasteiger partial charge >= 0.3 is 6.16 Å². The summed E-state index contributed by atoms with van der Waals surface area (Å²) in [5.74, 6) is 0.264. The molecule has 1 aromatic heterocycles. The van der Waals surface area contributed by atoms with Gasteiger partial charge in [0, 0.05) is 17.0 Å². The predicted molar refractivity (Wildman–Crippen MR) is 140 cm³/mol. The molecule has 0 saturated carbocycles. The lowest BCUT2D eigenvalue weighted by atomic mass is 9.68. The minimum Gasteiger partial charge on any atom is -0.449 e. The highest BCUT2D eigenvalue weighted by atomic mass is 35.5. The Hall–Kier alpha value is -3.61. The predicted octanol–water partition coefficient (Wildman–Crippen LogP) is 6.22. The lowest BCUT2D eigenvalue weighted by Crippen LogP contribution is -2.43. The molecule has 0 spiro atoms. The van der Waals surface area contributed by atoms with E-state index in [0.717, 1.165) is 31.5 Å². The Morgan fingerprint density at radius 3 is 2.03 bits per heavy atom. The van der Waals surface area contributed by atoms with Gasteiger partial charge < -0.3 is 9.84 Å². The summed E-state index contributed by atoms with van der Waals surface area (Å²) in [6.45, 7) is 2.69. The molecule has 0 unspecified atom stereocenters. The van der Waals surface area contributed by atoms with Crippen molar-refractivity contribution in [2.24, 2.45) is 0 Å². The summed E-state index contributed by atoms with van der Waals surface area (Å²) in [7, 11) is 0. The van der Waals surface area contributed by atoms with Crippen LogP contribution in [0.5, 0.6) is 5.88 Å². The zero-order valence-electron chi connectivity index (χ0n) is 19.9. The Morgan fingerprint density at radius 1 is 0.889 bits per heavy atom. The molecule has 0 radical (unpaired) electrons. The Labute approximate surface area is 215 Å². The van der Waals surface area contributed by atoms with E-state index in [1.165, 1.54) is 11.1 Å². The summed E-state index contributed by atoms with van der Waals surface area (Å²) < 4.78 is 6.93. The topological polar surface area (TPSA) is 67.6 Å². The lowest BCUT2D eigenvalue weighted by molar-refractivity contribution is 0.137. The minimum absolute atomic E-state index is 0.0483. The van der Waals surface area contributed by atoms with Crippen LogP contribution in [0.3, 0.4) is 0 Å². The van der Waals surface area contributed by atoms with Crippen molar-refractivity contribution in [3.63, 3.8) is 0 Å². The number of piperidine rings is 1. The van der Waals surface area contributed by atoms with Crippen molar-refractivity contribution in [1.82, 2.24) is 14.5 Å². The molecule has 0 aliphatic carbocycles. The number of halogens is 1. The fourth-order valence-electron chi connectivity index (χ4n) is 5.18. The maximum absolute atomic E-state index is 11.5. The van der Waals surface area contributed by atoms with Gasteiger partial charge in [0.2, 0.25) is 5.88 Å². The Kier molecular flexibility index (Phi) is 7.07. The molecule has 7 heteroatoms. The Balaban J connectivity index is 1.35. The van der Waals surface area contributed by atoms with E-state index in [4.69, 9.17) is 16.3 Å². The number of ether oxygens (including phenoxy) is 1. The third-order valence-electron chi connectivity index (χ3n) is 7.05. The molecule has 3 aromatic carbocycles. The van der Waals surface area contributed by atoms with Crippen LogP contribution in [0, 0.1) is 0 Å². The molecule has 1 saturated heterocycles. The molecule has 1 aliphatic heterocycles. The maximum atomic E-state index is 11.5. The molecule has 1 N–H and O–H groups in total. The van der Waals surface area contributed by atoms with Crippen molar-refractivity contribution in [3.05, 3.63) is 119 Å². The monoisotopic (exact) mass is 501 g/mol. The number of carboxylic acid groups (broad SMARTS) is 1.